The van der Waals surface area contributed by atoms with Gasteiger partial charge in [0.05, 0.1) is 13.2 Å². The van der Waals surface area contributed by atoms with Crippen LogP contribution in [0.4, 0.5) is 14.5 Å². The Morgan fingerprint density at radius 1 is 1.20 bits per heavy atom. The number of carbonyl (C=O) groups is 2. The van der Waals surface area contributed by atoms with Gasteiger partial charge in [-0.2, -0.15) is 0 Å². The molecule has 1 saturated heterocycles. The van der Waals surface area contributed by atoms with Gasteiger partial charge in [0, 0.05) is 46.1 Å². The Hall–Kier alpha value is -2.06. The van der Waals surface area contributed by atoms with E-state index in [0.717, 1.165) is 25.2 Å². The van der Waals surface area contributed by atoms with Crippen molar-refractivity contribution in [1.29, 1.82) is 0 Å². The Morgan fingerprint density at radius 2 is 1.84 bits per heavy atom. The maximum absolute atomic E-state index is 13.5. The van der Waals surface area contributed by atoms with Gasteiger partial charge in [0.25, 0.3) is 0 Å². The number of carbonyl (C=O) groups excluding carboxylic acids is 2. The van der Waals surface area contributed by atoms with Crippen LogP contribution < -0.4 is 5.32 Å². The summed E-state index contributed by atoms with van der Waals surface area (Å²) in [5, 5.41) is 2.22. The first kappa shape index (κ1) is 19.3. The lowest BCUT2D eigenvalue weighted by Gasteiger charge is -2.29. The SMILES string of the molecule is CC(=O)N(CCC(=O)Nc1c(F)cccc1F)CCN1CCOCC1. The van der Waals surface area contributed by atoms with Gasteiger partial charge in [0.2, 0.25) is 11.8 Å². The van der Waals surface area contributed by atoms with E-state index in [4.69, 9.17) is 4.74 Å². The van der Waals surface area contributed by atoms with Crippen LogP contribution in [0.5, 0.6) is 0 Å². The van der Waals surface area contributed by atoms with E-state index in [1.807, 2.05) is 0 Å². The average Bonchev–Trinajstić information content (AvgIpc) is 2.59. The lowest BCUT2D eigenvalue weighted by molar-refractivity contribution is -0.129. The van der Waals surface area contributed by atoms with Crippen molar-refractivity contribution in [2.45, 2.75) is 13.3 Å². The Balaban J connectivity index is 1.81. The second-order valence-electron chi connectivity index (χ2n) is 5.85. The molecule has 2 rings (SSSR count). The second kappa shape index (κ2) is 9.43. The van der Waals surface area contributed by atoms with Crippen LogP contribution in [0.1, 0.15) is 13.3 Å². The van der Waals surface area contributed by atoms with Gasteiger partial charge in [-0.3, -0.25) is 14.5 Å². The molecule has 25 heavy (non-hydrogen) atoms. The predicted octanol–water partition coefficient (Wildman–Crippen LogP) is 1.47. The first-order valence-corrected chi connectivity index (χ1v) is 8.27. The number of hydrogen-bond donors (Lipinski definition) is 1. The highest BCUT2D eigenvalue weighted by Crippen LogP contribution is 2.18. The van der Waals surface area contributed by atoms with E-state index in [1.165, 1.54) is 13.0 Å². The molecule has 1 aliphatic rings. The number of nitrogens with one attached hydrogen (secondary N) is 1. The zero-order valence-electron chi connectivity index (χ0n) is 14.3. The van der Waals surface area contributed by atoms with Crippen molar-refractivity contribution in [3.63, 3.8) is 0 Å². The maximum Gasteiger partial charge on any atom is 0.226 e. The van der Waals surface area contributed by atoms with Crippen molar-refractivity contribution in [3.8, 4) is 0 Å². The summed E-state index contributed by atoms with van der Waals surface area (Å²) >= 11 is 0. The molecule has 0 radical (unpaired) electrons. The molecule has 8 heteroatoms. The first-order chi connectivity index (χ1) is 12.0. The number of amides is 2. The molecule has 0 aromatic heterocycles. The van der Waals surface area contributed by atoms with E-state index in [2.05, 4.69) is 10.2 Å². The monoisotopic (exact) mass is 355 g/mol. The fraction of sp³-hybridized carbons (Fsp3) is 0.529. The summed E-state index contributed by atoms with van der Waals surface area (Å²) in [6.45, 7) is 5.82. The van der Waals surface area contributed by atoms with Crippen LogP contribution in [0.15, 0.2) is 18.2 Å². The molecule has 6 nitrogen and oxygen atoms in total. The molecule has 0 saturated carbocycles. The lowest BCUT2D eigenvalue weighted by atomic mass is 10.2. The van der Waals surface area contributed by atoms with Crippen LogP contribution >= 0.6 is 0 Å². The zero-order valence-corrected chi connectivity index (χ0v) is 14.3. The van der Waals surface area contributed by atoms with E-state index < -0.39 is 23.2 Å². The van der Waals surface area contributed by atoms with Crippen molar-refractivity contribution in [3.05, 3.63) is 29.8 Å². The van der Waals surface area contributed by atoms with Crippen LogP contribution in [-0.2, 0) is 14.3 Å². The maximum atomic E-state index is 13.5. The number of ether oxygens (including phenoxy) is 1. The van der Waals surface area contributed by atoms with Gasteiger partial charge in [-0.05, 0) is 12.1 Å². The highest BCUT2D eigenvalue weighted by molar-refractivity contribution is 5.91. The predicted molar refractivity (Wildman–Crippen MR) is 89.1 cm³/mol. The third kappa shape index (κ3) is 6.06. The largest absolute Gasteiger partial charge is 0.379 e. The van der Waals surface area contributed by atoms with Crippen molar-refractivity contribution in [2.24, 2.45) is 0 Å². The Labute approximate surface area is 145 Å². The van der Waals surface area contributed by atoms with Gasteiger partial charge in [-0.1, -0.05) is 6.07 Å². The van der Waals surface area contributed by atoms with Crippen LogP contribution in [0, 0.1) is 11.6 Å². The van der Waals surface area contributed by atoms with Gasteiger partial charge in [-0.15, -0.1) is 0 Å². The number of anilines is 1. The third-order valence-electron chi connectivity index (χ3n) is 4.07. The molecule has 1 heterocycles. The Kier molecular flexibility index (Phi) is 7.27. The van der Waals surface area contributed by atoms with E-state index in [1.54, 1.807) is 4.90 Å². The summed E-state index contributed by atoms with van der Waals surface area (Å²) in [6.07, 6.45) is -0.0313. The molecule has 0 atom stereocenters. The molecule has 0 bridgehead atoms. The van der Waals surface area contributed by atoms with E-state index in [-0.39, 0.29) is 18.9 Å². The number of halogens is 2. The molecule has 1 aromatic carbocycles. The topological polar surface area (TPSA) is 61.9 Å². The van der Waals surface area contributed by atoms with E-state index in [9.17, 15) is 18.4 Å². The number of rotatable bonds is 7. The smallest absolute Gasteiger partial charge is 0.226 e. The fourth-order valence-electron chi connectivity index (χ4n) is 2.57. The number of nitrogens with zero attached hydrogens (tertiary/aromatic N) is 2. The summed E-state index contributed by atoms with van der Waals surface area (Å²) in [5.74, 6) is -2.34. The first-order valence-electron chi connectivity index (χ1n) is 8.27. The summed E-state index contributed by atoms with van der Waals surface area (Å²) in [5.41, 5.74) is -0.463. The van der Waals surface area contributed by atoms with Crippen LogP contribution in [0.2, 0.25) is 0 Å². The molecule has 0 unspecified atom stereocenters. The third-order valence-corrected chi connectivity index (χ3v) is 4.07. The molecule has 1 aliphatic heterocycles. The molecule has 1 fully saturated rings. The van der Waals surface area contributed by atoms with E-state index in [0.29, 0.717) is 26.3 Å². The second-order valence-corrected chi connectivity index (χ2v) is 5.85. The zero-order chi connectivity index (χ0) is 18.2. The minimum absolute atomic E-state index is 0.0313. The number of para-hydroxylation sites is 1. The molecular weight excluding hydrogens is 332 g/mol. The van der Waals surface area contributed by atoms with Crippen LogP contribution in [0.3, 0.4) is 0 Å². The van der Waals surface area contributed by atoms with Gasteiger partial charge in [-0.25, -0.2) is 8.78 Å². The standard InChI is InChI=1S/C17H23F2N3O3/c1-13(23)22(8-7-21-9-11-25-12-10-21)6-5-16(24)20-17-14(18)3-2-4-15(17)19/h2-4H,5-12H2,1H3,(H,20,24). The normalized spacial score (nSPS) is 15.0. The highest BCUT2D eigenvalue weighted by atomic mass is 19.1. The van der Waals surface area contributed by atoms with Gasteiger partial charge >= 0.3 is 0 Å². The Morgan fingerprint density at radius 3 is 2.44 bits per heavy atom. The lowest BCUT2D eigenvalue weighted by Crippen LogP contribution is -2.43. The molecule has 2 amide bonds. The molecule has 138 valence electrons. The summed E-state index contributed by atoms with van der Waals surface area (Å²) < 4.78 is 32.3. The van der Waals surface area contributed by atoms with Crippen molar-refractivity contribution >= 4 is 17.5 Å². The number of benzene rings is 1. The van der Waals surface area contributed by atoms with Crippen molar-refractivity contribution < 1.29 is 23.1 Å². The van der Waals surface area contributed by atoms with Crippen LogP contribution in [0.25, 0.3) is 0 Å². The molecular formula is C17H23F2N3O3. The number of morpholine rings is 1. The quantitative estimate of drug-likeness (QED) is 0.805. The molecule has 1 aromatic rings. The van der Waals surface area contributed by atoms with Crippen molar-refractivity contribution in [2.75, 3.05) is 51.3 Å². The van der Waals surface area contributed by atoms with Gasteiger partial charge < -0.3 is 15.0 Å². The molecule has 0 spiro atoms. The van der Waals surface area contributed by atoms with E-state index >= 15 is 0 Å². The summed E-state index contributed by atoms with van der Waals surface area (Å²) in [6, 6.07) is 3.37. The molecule has 0 aliphatic carbocycles. The minimum atomic E-state index is -0.830. The number of hydrogen-bond acceptors (Lipinski definition) is 4. The summed E-state index contributed by atoms with van der Waals surface area (Å²) in [4.78, 5) is 27.4. The van der Waals surface area contributed by atoms with Crippen molar-refractivity contribution in [1.82, 2.24) is 9.80 Å². The van der Waals surface area contributed by atoms with Gasteiger partial charge in [0.15, 0.2) is 0 Å². The fourth-order valence-corrected chi connectivity index (χ4v) is 2.57. The summed E-state index contributed by atoms with van der Waals surface area (Å²) in [7, 11) is 0. The highest BCUT2D eigenvalue weighted by Gasteiger charge is 2.16. The van der Waals surface area contributed by atoms with Crippen LogP contribution in [-0.4, -0.2) is 67.6 Å². The Bertz CT molecular complexity index is 587. The molecule has 1 N–H and O–H groups in total. The van der Waals surface area contributed by atoms with Gasteiger partial charge in [0.1, 0.15) is 17.3 Å². The average molecular weight is 355 g/mol. The minimum Gasteiger partial charge on any atom is -0.379 e.